The van der Waals surface area contributed by atoms with E-state index in [2.05, 4.69) is 22.5 Å². The molecule has 1 aliphatic rings. The predicted octanol–water partition coefficient (Wildman–Crippen LogP) is 1.61. The number of hydrogen-bond acceptors (Lipinski definition) is 2. The number of hydrogen-bond donors (Lipinski definition) is 2. The number of rotatable bonds is 5. The van der Waals surface area contributed by atoms with Gasteiger partial charge in [0.1, 0.15) is 0 Å². The second kappa shape index (κ2) is 7.11. The van der Waals surface area contributed by atoms with Crippen molar-refractivity contribution in [2.45, 2.75) is 32.4 Å². The van der Waals surface area contributed by atoms with Gasteiger partial charge in [0.15, 0.2) is 5.96 Å². The molecule has 0 spiro atoms. The molecule has 2 rings (SSSR count). The van der Waals surface area contributed by atoms with E-state index in [-0.39, 0.29) is 5.91 Å². The average molecular weight is 288 g/mol. The Hall–Kier alpha value is -2.04. The van der Waals surface area contributed by atoms with Crippen molar-refractivity contribution in [1.82, 2.24) is 15.5 Å². The Balaban J connectivity index is 1.96. The Labute approximate surface area is 126 Å². The molecule has 1 saturated carbocycles. The van der Waals surface area contributed by atoms with Crippen LogP contribution in [-0.2, 0) is 6.54 Å². The van der Waals surface area contributed by atoms with Gasteiger partial charge >= 0.3 is 0 Å². The molecule has 1 aliphatic carbocycles. The van der Waals surface area contributed by atoms with Crippen LogP contribution in [0.3, 0.4) is 0 Å². The summed E-state index contributed by atoms with van der Waals surface area (Å²) in [6.07, 6.45) is 2.46. The minimum atomic E-state index is 0.0220. The van der Waals surface area contributed by atoms with Crippen LogP contribution < -0.4 is 10.6 Å². The van der Waals surface area contributed by atoms with Gasteiger partial charge in [-0.3, -0.25) is 4.79 Å². The standard InChI is InChI=1S/C16H24N4O/c1-4-17-16(19-14-9-10-14)18-11-12-5-7-13(8-6-12)15(21)20(2)3/h5-8,14H,4,9-11H2,1-3H3,(H2,17,18,19). The lowest BCUT2D eigenvalue weighted by Crippen LogP contribution is -2.38. The monoisotopic (exact) mass is 288 g/mol. The van der Waals surface area contributed by atoms with Crippen molar-refractivity contribution in [2.75, 3.05) is 20.6 Å². The van der Waals surface area contributed by atoms with Gasteiger partial charge in [-0.1, -0.05) is 12.1 Å². The van der Waals surface area contributed by atoms with E-state index in [0.717, 1.165) is 18.1 Å². The Morgan fingerprint density at radius 3 is 2.48 bits per heavy atom. The quantitative estimate of drug-likeness (QED) is 0.639. The SMILES string of the molecule is CCNC(=NCc1ccc(C(=O)N(C)C)cc1)NC1CC1. The van der Waals surface area contributed by atoms with Crippen molar-refractivity contribution in [2.24, 2.45) is 4.99 Å². The third kappa shape index (κ3) is 4.77. The van der Waals surface area contributed by atoms with Gasteiger partial charge in [-0.2, -0.15) is 0 Å². The summed E-state index contributed by atoms with van der Waals surface area (Å²) in [4.78, 5) is 18.0. The molecule has 1 fully saturated rings. The van der Waals surface area contributed by atoms with Crippen LogP contribution in [0.4, 0.5) is 0 Å². The summed E-state index contributed by atoms with van der Waals surface area (Å²) in [7, 11) is 3.51. The number of aliphatic imine (C=N–C) groups is 1. The minimum Gasteiger partial charge on any atom is -0.357 e. The molecule has 0 atom stereocenters. The summed E-state index contributed by atoms with van der Waals surface area (Å²) in [6, 6.07) is 8.22. The van der Waals surface area contributed by atoms with Gasteiger partial charge in [0, 0.05) is 32.2 Å². The van der Waals surface area contributed by atoms with Crippen LogP contribution in [0.25, 0.3) is 0 Å². The third-order valence-electron chi connectivity index (χ3n) is 3.29. The average Bonchev–Trinajstić information content (AvgIpc) is 3.28. The highest BCUT2D eigenvalue weighted by atomic mass is 16.2. The molecule has 114 valence electrons. The van der Waals surface area contributed by atoms with Crippen LogP contribution in [0.1, 0.15) is 35.7 Å². The topological polar surface area (TPSA) is 56.7 Å². The lowest BCUT2D eigenvalue weighted by atomic mass is 10.1. The van der Waals surface area contributed by atoms with Crippen molar-refractivity contribution < 1.29 is 4.79 Å². The van der Waals surface area contributed by atoms with E-state index in [4.69, 9.17) is 0 Å². The summed E-state index contributed by atoms with van der Waals surface area (Å²) >= 11 is 0. The van der Waals surface area contributed by atoms with E-state index >= 15 is 0 Å². The number of carbonyl (C=O) groups is 1. The molecule has 0 unspecified atom stereocenters. The second-order valence-electron chi connectivity index (χ2n) is 5.51. The third-order valence-corrected chi connectivity index (χ3v) is 3.29. The molecule has 0 bridgehead atoms. The van der Waals surface area contributed by atoms with Crippen molar-refractivity contribution in [3.05, 3.63) is 35.4 Å². The first-order chi connectivity index (χ1) is 10.1. The molecule has 5 heteroatoms. The molecule has 1 aromatic rings. The van der Waals surface area contributed by atoms with Crippen molar-refractivity contribution >= 4 is 11.9 Å². The Bertz CT molecular complexity index is 504. The molecule has 0 heterocycles. The van der Waals surface area contributed by atoms with Crippen LogP contribution in [-0.4, -0.2) is 43.4 Å². The molecule has 0 saturated heterocycles. The Morgan fingerprint density at radius 1 is 1.29 bits per heavy atom. The molecule has 1 amide bonds. The largest absolute Gasteiger partial charge is 0.357 e. The number of nitrogens with zero attached hydrogens (tertiary/aromatic N) is 2. The van der Waals surface area contributed by atoms with Crippen LogP contribution in [0.5, 0.6) is 0 Å². The van der Waals surface area contributed by atoms with Crippen LogP contribution in [0.15, 0.2) is 29.3 Å². The fourth-order valence-corrected chi connectivity index (χ4v) is 1.92. The van der Waals surface area contributed by atoms with Crippen molar-refractivity contribution in [1.29, 1.82) is 0 Å². The molecule has 0 aliphatic heterocycles. The lowest BCUT2D eigenvalue weighted by molar-refractivity contribution is 0.0827. The normalized spacial score (nSPS) is 14.7. The molecule has 0 radical (unpaired) electrons. The number of benzene rings is 1. The van der Waals surface area contributed by atoms with Crippen LogP contribution in [0, 0.1) is 0 Å². The Kier molecular flexibility index (Phi) is 5.20. The van der Waals surface area contributed by atoms with Crippen LogP contribution >= 0.6 is 0 Å². The zero-order chi connectivity index (χ0) is 15.2. The number of nitrogens with one attached hydrogen (secondary N) is 2. The highest BCUT2D eigenvalue weighted by molar-refractivity contribution is 5.93. The highest BCUT2D eigenvalue weighted by Crippen LogP contribution is 2.18. The van der Waals surface area contributed by atoms with Crippen molar-refractivity contribution in [3.8, 4) is 0 Å². The summed E-state index contributed by atoms with van der Waals surface area (Å²) in [5.41, 5.74) is 1.80. The van der Waals surface area contributed by atoms with Gasteiger partial charge in [-0.25, -0.2) is 4.99 Å². The molecule has 1 aromatic carbocycles. The van der Waals surface area contributed by atoms with E-state index in [1.807, 2.05) is 24.3 Å². The van der Waals surface area contributed by atoms with Gasteiger partial charge in [0.25, 0.3) is 5.91 Å². The first-order valence-electron chi connectivity index (χ1n) is 7.45. The maximum atomic E-state index is 11.8. The maximum Gasteiger partial charge on any atom is 0.253 e. The fourth-order valence-electron chi connectivity index (χ4n) is 1.92. The predicted molar refractivity (Wildman–Crippen MR) is 85.4 cm³/mol. The fraction of sp³-hybridized carbons (Fsp3) is 0.500. The van der Waals surface area contributed by atoms with Gasteiger partial charge < -0.3 is 15.5 Å². The summed E-state index contributed by atoms with van der Waals surface area (Å²) in [6.45, 7) is 3.53. The van der Waals surface area contributed by atoms with E-state index in [1.54, 1.807) is 19.0 Å². The van der Waals surface area contributed by atoms with Crippen LogP contribution in [0.2, 0.25) is 0 Å². The maximum absolute atomic E-state index is 11.8. The van der Waals surface area contributed by atoms with E-state index in [1.165, 1.54) is 12.8 Å². The van der Waals surface area contributed by atoms with E-state index in [0.29, 0.717) is 18.2 Å². The number of amides is 1. The molecule has 0 aromatic heterocycles. The molecule has 5 nitrogen and oxygen atoms in total. The van der Waals surface area contributed by atoms with E-state index < -0.39 is 0 Å². The number of guanidine groups is 1. The van der Waals surface area contributed by atoms with Crippen molar-refractivity contribution in [3.63, 3.8) is 0 Å². The first kappa shape index (κ1) is 15.4. The van der Waals surface area contributed by atoms with Gasteiger partial charge in [0.2, 0.25) is 0 Å². The molecule has 2 N–H and O–H groups in total. The molecular weight excluding hydrogens is 264 g/mol. The molecule has 21 heavy (non-hydrogen) atoms. The van der Waals surface area contributed by atoms with Gasteiger partial charge in [0.05, 0.1) is 6.54 Å². The zero-order valence-electron chi connectivity index (χ0n) is 13.0. The zero-order valence-corrected chi connectivity index (χ0v) is 13.0. The van der Waals surface area contributed by atoms with Gasteiger partial charge in [-0.05, 0) is 37.5 Å². The first-order valence-corrected chi connectivity index (χ1v) is 7.45. The summed E-state index contributed by atoms with van der Waals surface area (Å²) in [5, 5.41) is 6.63. The molecular formula is C16H24N4O. The smallest absolute Gasteiger partial charge is 0.253 e. The lowest BCUT2D eigenvalue weighted by Gasteiger charge is -2.11. The second-order valence-corrected chi connectivity index (χ2v) is 5.51. The van der Waals surface area contributed by atoms with Gasteiger partial charge in [-0.15, -0.1) is 0 Å². The minimum absolute atomic E-state index is 0.0220. The van der Waals surface area contributed by atoms with E-state index in [9.17, 15) is 4.79 Å². The summed E-state index contributed by atoms with van der Waals surface area (Å²) < 4.78 is 0. The Morgan fingerprint density at radius 2 is 1.95 bits per heavy atom. The summed E-state index contributed by atoms with van der Waals surface area (Å²) in [5.74, 6) is 0.891. The number of carbonyl (C=O) groups excluding carboxylic acids is 1. The highest BCUT2D eigenvalue weighted by Gasteiger charge is 2.21.